The number of nitrogens with one attached hydrogen (secondary N) is 1. The lowest BCUT2D eigenvalue weighted by atomic mass is 10.1. The zero-order valence-corrected chi connectivity index (χ0v) is 20.9. The van der Waals surface area contributed by atoms with Crippen LogP contribution in [0.25, 0.3) is 5.69 Å². The Morgan fingerprint density at radius 3 is 2.38 bits per heavy atom. The van der Waals surface area contributed by atoms with E-state index >= 15 is 0 Å². The predicted octanol–water partition coefficient (Wildman–Crippen LogP) is 7.31. The Hall–Kier alpha value is -4.21. The molecule has 1 amide bonds. The Morgan fingerprint density at radius 2 is 1.76 bits per heavy atom. The quantitative estimate of drug-likeness (QED) is 0.273. The highest BCUT2D eigenvalue weighted by molar-refractivity contribution is 6.04. The van der Waals surface area contributed by atoms with Gasteiger partial charge in [-0.25, -0.2) is 9.37 Å². The highest BCUT2D eigenvalue weighted by Crippen LogP contribution is 2.35. The van der Waals surface area contributed by atoms with Gasteiger partial charge in [0.25, 0.3) is 5.91 Å². The minimum Gasteiger partial charge on any atom is -0.486 e. The molecule has 37 heavy (non-hydrogen) atoms. The fourth-order valence-corrected chi connectivity index (χ4v) is 3.07. The van der Waals surface area contributed by atoms with Crippen LogP contribution in [0.5, 0.6) is 5.75 Å². The summed E-state index contributed by atoms with van der Waals surface area (Å²) in [5.41, 5.74) is -0.434. The molecule has 0 fully saturated rings. The van der Waals surface area contributed by atoms with Gasteiger partial charge >= 0.3 is 6.18 Å². The number of alkyl halides is 3. The summed E-state index contributed by atoms with van der Waals surface area (Å²) in [6, 6.07) is 10.3. The maximum absolute atomic E-state index is 14.1. The van der Waals surface area contributed by atoms with Crippen molar-refractivity contribution in [2.24, 2.45) is 0 Å². The van der Waals surface area contributed by atoms with E-state index in [1.807, 2.05) is 27.7 Å². The number of anilines is 1. The molecule has 2 aromatic carbocycles. The molecule has 0 saturated heterocycles. The van der Waals surface area contributed by atoms with E-state index < -0.39 is 23.5 Å². The number of rotatable bonds is 6. The van der Waals surface area contributed by atoms with Gasteiger partial charge in [-0.1, -0.05) is 33.8 Å². The first-order valence-electron chi connectivity index (χ1n) is 11.6. The first kappa shape index (κ1) is 29.0. The Morgan fingerprint density at radius 1 is 1.00 bits per heavy atom. The highest BCUT2D eigenvalue weighted by atomic mass is 19.4. The van der Waals surface area contributed by atoms with Gasteiger partial charge < -0.3 is 14.6 Å². The van der Waals surface area contributed by atoms with Crippen LogP contribution in [0.3, 0.4) is 0 Å². The summed E-state index contributed by atoms with van der Waals surface area (Å²) in [5, 5.41) is 2.41. The Kier molecular flexibility index (Phi) is 10.8. The van der Waals surface area contributed by atoms with Crippen molar-refractivity contribution in [2.75, 3.05) is 5.32 Å². The number of aromatic nitrogens is 3. The molecule has 10 heteroatoms. The van der Waals surface area contributed by atoms with Crippen molar-refractivity contribution < 1.29 is 27.1 Å². The van der Waals surface area contributed by atoms with Crippen molar-refractivity contribution >= 4 is 11.6 Å². The van der Waals surface area contributed by atoms with E-state index in [1.165, 1.54) is 47.6 Å². The number of carbonyl (C=O) groups excluding carboxylic acids is 1. The molecular weight excluding hydrogens is 488 g/mol. The van der Waals surface area contributed by atoms with Crippen LogP contribution in [0.1, 0.15) is 49.2 Å². The molecule has 1 N–H and O–H groups in total. The monoisotopic (exact) mass is 516 g/mol. The molecular formula is C27H28F4N4O2. The molecule has 2 heterocycles. The molecule has 2 aromatic heterocycles. The van der Waals surface area contributed by atoms with Crippen LogP contribution in [0.15, 0.2) is 79.6 Å². The molecule has 0 spiro atoms. The molecule has 0 bridgehead atoms. The number of benzene rings is 2. The summed E-state index contributed by atoms with van der Waals surface area (Å²) in [4.78, 5) is 20.3. The Labute approximate surface area is 213 Å². The number of imidazole rings is 1. The SMILES string of the molecule is CC.CC.O=C(Nc1ccc(-n2ccnc2)c(C(F)(F)F)c1)c1ccc(F)c(OCc2cccnc2)c1. The summed E-state index contributed by atoms with van der Waals surface area (Å²) >= 11 is 0. The van der Waals surface area contributed by atoms with Crippen molar-refractivity contribution in [2.45, 2.75) is 40.5 Å². The van der Waals surface area contributed by atoms with Crippen molar-refractivity contribution in [1.82, 2.24) is 14.5 Å². The summed E-state index contributed by atoms with van der Waals surface area (Å²) in [6.45, 7) is 8.03. The minimum atomic E-state index is -4.66. The summed E-state index contributed by atoms with van der Waals surface area (Å²) < 4.78 is 61.6. The van der Waals surface area contributed by atoms with Gasteiger partial charge in [-0.2, -0.15) is 13.2 Å². The molecule has 0 atom stereocenters. The second-order valence-electron chi connectivity index (χ2n) is 6.95. The summed E-state index contributed by atoms with van der Waals surface area (Å²) in [6.07, 6.45) is 2.46. The topological polar surface area (TPSA) is 69.0 Å². The number of hydrogen-bond acceptors (Lipinski definition) is 4. The van der Waals surface area contributed by atoms with E-state index in [0.717, 1.165) is 12.1 Å². The maximum atomic E-state index is 14.1. The van der Waals surface area contributed by atoms with Gasteiger partial charge in [-0.15, -0.1) is 0 Å². The predicted molar refractivity (Wildman–Crippen MR) is 134 cm³/mol. The van der Waals surface area contributed by atoms with Gasteiger partial charge in [-0.3, -0.25) is 9.78 Å². The number of halogens is 4. The standard InChI is InChI=1S/C23H16F4N4O2.2C2H6/c24-19-5-3-16(10-21(19)33-13-15-2-1-7-28-12-15)22(32)30-17-4-6-20(31-9-8-29-14-31)18(11-17)23(25,26)27;2*1-2/h1-12,14H,13H2,(H,30,32);2*1-2H3. The van der Waals surface area contributed by atoms with Crippen LogP contribution in [0, 0.1) is 5.82 Å². The third-order valence-electron chi connectivity index (χ3n) is 4.65. The number of amides is 1. The minimum absolute atomic E-state index is 0.0184. The van der Waals surface area contributed by atoms with Gasteiger partial charge in [0.15, 0.2) is 11.6 Å². The number of nitrogens with zero attached hydrogens (tertiary/aromatic N) is 3. The fraction of sp³-hybridized carbons (Fsp3) is 0.222. The molecule has 0 aliphatic rings. The molecule has 4 aromatic rings. The van der Waals surface area contributed by atoms with Crippen molar-refractivity contribution in [3.63, 3.8) is 0 Å². The van der Waals surface area contributed by atoms with Crippen LogP contribution in [-0.2, 0) is 12.8 Å². The fourth-order valence-electron chi connectivity index (χ4n) is 3.07. The molecule has 4 rings (SSSR count). The van der Waals surface area contributed by atoms with Crippen LogP contribution in [0.2, 0.25) is 0 Å². The first-order chi connectivity index (χ1) is 17.8. The van der Waals surface area contributed by atoms with Crippen LogP contribution in [-0.4, -0.2) is 20.4 Å². The van der Waals surface area contributed by atoms with E-state index in [-0.39, 0.29) is 29.3 Å². The smallest absolute Gasteiger partial charge is 0.418 e. The molecule has 0 saturated carbocycles. The van der Waals surface area contributed by atoms with E-state index in [2.05, 4.69) is 15.3 Å². The molecule has 0 aliphatic heterocycles. The third kappa shape index (κ3) is 7.89. The highest BCUT2D eigenvalue weighted by Gasteiger charge is 2.34. The maximum Gasteiger partial charge on any atom is 0.418 e. The molecule has 6 nitrogen and oxygen atoms in total. The second-order valence-corrected chi connectivity index (χ2v) is 6.95. The number of pyridine rings is 1. The average Bonchev–Trinajstić information content (AvgIpc) is 3.45. The lowest BCUT2D eigenvalue weighted by Gasteiger charge is -2.15. The van der Waals surface area contributed by atoms with Gasteiger partial charge in [0.05, 0.1) is 17.6 Å². The molecule has 0 aliphatic carbocycles. The van der Waals surface area contributed by atoms with Crippen molar-refractivity contribution in [1.29, 1.82) is 0 Å². The summed E-state index contributed by atoms with van der Waals surface area (Å²) in [7, 11) is 0. The van der Waals surface area contributed by atoms with Gasteiger partial charge in [0.2, 0.25) is 0 Å². The van der Waals surface area contributed by atoms with Crippen molar-refractivity contribution in [3.05, 3.63) is 102 Å². The molecule has 0 unspecified atom stereocenters. The van der Waals surface area contributed by atoms with Crippen LogP contribution in [0.4, 0.5) is 23.2 Å². The van der Waals surface area contributed by atoms with E-state index in [1.54, 1.807) is 24.5 Å². The van der Waals surface area contributed by atoms with E-state index in [4.69, 9.17) is 4.74 Å². The number of carbonyl (C=O) groups is 1. The Bertz CT molecular complexity index is 1260. The second kappa shape index (κ2) is 13.8. The van der Waals surface area contributed by atoms with Gasteiger partial charge in [0.1, 0.15) is 6.61 Å². The molecule has 196 valence electrons. The van der Waals surface area contributed by atoms with E-state index in [0.29, 0.717) is 5.56 Å². The van der Waals surface area contributed by atoms with Crippen molar-refractivity contribution in [3.8, 4) is 11.4 Å². The number of hydrogen-bond donors (Lipinski definition) is 1. The normalized spacial score (nSPS) is 10.4. The average molecular weight is 517 g/mol. The number of ether oxygens (including phenoxy) is 1. The van der Waals surface area contributed by atoms with E-state index in [9.17, 15) is 22.4 Å². The zero-order chi connectivity index (χ0) is 27.4. The third-order valence-corrected chi connectivity index (χ3v) is 4.65. The lowest BCUT2D eigenvalue weighted by molar-refractivity contribution is -0.137. The summed E-state index contributed by atoms with van der Waals surface area (Å²) in [5.74, 6) is -1.57. The largest absolute Gasteiger partial charge is 0.486 e. The lowest BCUT2D eigenvalue weighted by Crippen LogP contribution is -2.15. The Balaban J connectivity index is 0.00000115. The first-order valence-corrected chi connectivity index (χ1v) is 11.6. The van der Waals surface area contributed by atoms with Crippen LogP contribution < -0.4 is 10.1 Å². The van der Waals surface area contributed by atoms with Gasteiger partial charge in [0, 0.05) is 41.6 Å². The van der Waals surface area contributed by atoms with Gasteiger partial charge in [-0.05, 0) is 42.5 Å². The molecule has 0 radical (unpaired) electrons. The zero-order valence-electron chi connectivity index (χ0n) is 20.9. The van der Waals surface area contributed by atoms with Crippen LogP contribution >= 0.6 is 0 Å².